The zero-order chi connectivity index (χ0) is 10.3. The van der Waals surface area contributed by atoms with Crippen LogP contribution in [0.1, 0.15) is 15.9 Å². The highest BCUT2D eigenvalue weighted by atomic mass is 16.4. The molecular formula is C9H8N2O3. The molecule has 0 unspecified atom stereocenters. The molecule has 0 saturated heterocycles. The molecule has 5 heteroatoms. The summed E-state index contributed by atoms with van der Waals surface area (Å²) in [5.41, 5.74) is 1.61. The van der Waals surface area contributed by atoms with E-state index in [9.17, 15) is 9.59 Å². The summed E-state index contributed by atoms with van der Waals surface area (Å²) in [6.07, 6.45) is 0. The Kier molecular flexibility index (Phi) is 1.67. The maximum atomic E-state index is 11.0. The van der Waals surface area contributed by atoms with Crippen LogP contribution in [0.5, 0.6) is 0 Å². The lowest BCUT2D eigenvalue weighted by Crippen LogP contribution is -2.01. The Morgan fingerprint density at radius 3 is 2.71 bits per heavy atom. The van der Waals surface area contributed by atoms with Crippen LogP contribution in [0.15, 0.2) is 16.9 Å². The number of imidazole rings is 1. The minimum absolute atomic E-state index is 0.202. The summed E-state index contributed by atoms with van der Waals surface area (Å²) in [4.78, 5) is 26.8. The van der Waals surface area contributed by atoms with Gasteiger partial charge in [-0.2, -0.15) is 0 Å². The fourth-order valence-electron chi connectivity index (χ4n) is 1.48. The number of aromatic amines is 2. The molecule has 0 amide bonds. The average molecular weight is 192 g/mol. The van der Waals surface area contributed by atoms with Gasteiger partial charge >= 0.3 is 11.7 Å². The normalized spacial score (nSPS) is 10.6. The van der Waals surface area contributed by atoms with E-state index >= 15 is 0 Å². The topological polar surface area (TPSA) is 85.9 Å². The van der Waals surface area contributed by atoms with Crippen LogP contribution in [0.4, 0.5) is 0 Å². The highest BCUT2D eigenvalue weighted by Gasteiger charge is 2.10. The summed E-state index contributed by atoms with van der Waals surface area (Å²) in [6.45, 7) is 1.66. The summed E-state index contributed by atoms with van der Waals surface area (Å²) >= 11 is 0. The molecule has 1 aromatic carbocycles. The zero-order valence-corrected chi connectivity index (χ0v) is 7.42. The fourth-order valence-corrected chi connectivity index (χ4v) is 1.48. The lowest BCUT2D eigenvalue weighted by molar-refractivity contribution is 0.0696. The third-order valence-electron chi connectivity index (χ3n) is 2.18. The van der Waals surface area contributed by atoms with Crippen molar-refractivity contribution in [2.75, 3.05) is 0 Å². The van der Waals surface area contributed by atoms with Crippen molar-refractivity contribution in [3.05, 3.63) is 33.7 Å². The van der Waals surface area contributed by atoms with E-state index in [-0.39, 0.29) is 11.3 Å². The molecule has 0 saturated carbocycles. The molecule has 0 aliphatic rings. The van der Waals surface area contributed by atoms with Crippen molar-refractivity contribution in [1.29, 1.82) is 0 Å². The monoisotopic (exact) mass is 192 g/mol. The summed E-state index contributed by atoms with van der Waals surface area (Å²) in [5.74, 6) is -0.994. The maximum absolute atomic E-state index is 11.0. The Morgan fingerprint density at radius 2 is 2.07 bits per heavy atom. The van der Waals surface area contributed by atoms with E-state index in [2.05, 4.69) is 9.97 Å². The Balaban J connectivity index is 2.87. The Morgan fingerprint density at radius 1 is 1.36 bits per heavy atom. The highest BCUT2D eigenvalue weighted by molar-refractivity contribution is 5.95. The lowest BCUT2D eigenvalue weighted by Gasteiger charge is -2.00. The minimum atomic E-state index is -0.994. The van der Waals surface area contributed by atoms with Crippen molar-refractivity contribution < 1.29 is 9.90 Å². The number of benzene rings is 1. The van der Waals surface area contributed by atoms with Crippen LogP contribution in [0.3, 0.4) is 0 Å². The van der Waals surface area contributed by atoms with Gasteiger partial charge in [0.05, 0.1) is 16.6 Å². The van der Waals surface area contributed by atoms with Gasteiger partial charge in [-0.05, 0) is 24.6 Å². The van der Waals surface area contributed by atoms with E-state index < -0.39 is 5.97 Å². The molecule has 0 radical (unpaired) electrons. The number of carboxylic acid groups (broad SMARTS) is 1. The van der Waals surface area contributed by atoms with Crippen LogP contribution >= 0.6 is 0 Å². The molecule has 0 aliphatic heterocycles. The number of rotatable bonds is 1. The first-order valence-electron chi connectivity index (χ1n) is 4.04. The van der Waals surface area contributed by atoms with E-state index in [4.69, 9.17) is 5.11 Å². The molecule has 3 N–H and O–H groups in total. The van der Waals surface area contributed by atoms with Gasteiger partial charge in [-0.3, -0.25) is 0 Å². The number of aromatic carboxylic acids is 1. The molecule has 0 fully saturated rings. The van der Waals surface area contributed by atoms with Crippen LogP contribution in [-0.2, 0) is 0 Å². The zero-order valence-electron chi connectivity index (χ0n) is 7.42. The smallest absolute Gasteiger partial charge is 0.336 e. The van der Waals surface area contributed by atoms with E-state index in [1.807, 2.05) is 0 Å². The van der Waals surface area contributed by atoms with Gasteiger partial charge in [0.25, 0.3) is 0 Å². The van der Waals surface area contributed by atoms with Crippen LogP contribution in [0.25, 0.3) is 11.0 Å². The summed E-state index contributed by atoms with van der Waals surface area (Å²) in [6, 6.07) is 3.05. The third kappa shape index (κ3) is 1.10. The highest BCUT2D eigenvalue weighted by Crippen LogP contribution is 2.16. The average Bonchev–Trinajstić information content (AvgIpc) is 2.46. The number of fused-ring (bicyclic) bond motifs is 1. The van der Waals surface area contributed by atoms with Crippen LogP contribution in [-0.4, -0.2) is 21.0 Å². The van der Waals surface area contributed by atoms with Crippen LogP contribution < -0.4 is 5.69 Å². The van der Waals surface area contributed by atoms with Crippen molar-refractivity contribution >= 4 is 17.0 Å². The molecule has 0 atom stereocenters. The second-order valence-corrected chi connectivity index (χ2v) is 3.04. The van der Waals surface area contributed by atoms with Crippen molar-refractivity contribution in [2.45, 2.75) is 6.92 Å². The fraction of sp³-hybridized carbons (Fsp3) is 0.111. The van der Waals surface area contributed by atoms with Crippen molar-refractivity contribution in [2.24, 2.45) is 0 Å². The van der Waals surface area contributed by atoms with Gasteiger partial charge in [-0.15, -0.1) is 0 Å². The van der Waals surface area contributed by atoms with Crippen molar-refractivity contribution in [3.8, 4) is 0 Å². The molecular weight excluding hydrogens is 184 g/mol. The number of hydrogen-bond donors (Lipinski definition) is 3. The molecule has 1 heterocycles. The molecule has 14 heavy (non-hydrogen) atoms. The summed E-state index contributed by atoms with van der Waals surface area (Å²) < 4.78 is 0. The number of aryl methyl sites for hydroxylation is 1. The quantitative estimate of drug-likeness (QED) is 0.626. The van der Waals surface area contributed by atoms with Crippen LogP contribution in [0.2, 0.25) is 0 Å². The van der Waals surface area contributed by atoms with Crippen molar-refractivity contribution in [3.63, 3.8) is 0 Å². The van der Waals surface area contributed by atoms with Gasteiger partial charge in [0.2, 0.25) is 0 Å². The van der Waals surface area contributed by atoms with Gasteiger partial charge in [-0.1, -0.05) is 0 Å². The number of hydrogen-bond acceptors (Lipinski definition) is 2. The molecule has 5 nitrogen and oxygen atoms in total. The lowest BCUT2D eigenvalue weighted by atomic mass is 10.1. The van der Waals surface area contributed by atoms with E-state index in [0.29, 0.717) is 16.6 Å². The van der Waals surface area contributed by atoms with Gasteiger partial charge < -0.3 is 15.1 Å². The first kappa shape index (κ1) is 8.55. The van der Waals surface area contributed by atoms with Gasteiger partial charge in [0.15, 0.2) is 0 Å². The molecule has 2 aromatic rings. The van der Waals surface area contributed by atoms with Crippen molar-refractivity contribution in [1.82, 2.24) is 9.97 Å². The standard InChI is InChI=1S/C9H8N2O3/c1-4-5(8(12)13)2-3-6-7(4)11-9(14)10-6/h2-3H,1H3,(H,12,13)(H2,10,11,14). The second-order valence-electron chi connectivity index (χ2n) is 3.04. The van der Waals surface area contributed by atoms with Crippen LogP contribution in [0, 0.1) is 6.92 Å². The number of carboxylic acids is 1. The largest absolute Gasteiger partial charge is 0.478 e. The molecule has 2 rings (SSSR count). The van der Waals surface area contributed by atoms with E-state index in [1.54, 1.807) is 13.0 Å². The molecule has 1 aromatic heterocycles. The predicted molar refractivity (Wildman–Crippen MR) is 50.6 cm³/mol. The molecule has 0 aliphatic carbocycles. The number of carbonyl (C=O) groups is 1. The summed E-state index contributed by atoms with van der Waals surface area (Å²) in [5, 5.41) is 8.83. The first-order chi connectivity index (χ1) is 6.59. The molecule has 0 bridgehead atoms. The number of nitrogens with one attached hydrogen (secondary N) is 2. The third-order valence-corrected chi connectivity index (χ3v) is 2.18. The van der Waals surface area contributed by atoms with Gasteiger partial charge in [0.1, 0.15) is 0 Å². The molecule has 72 valence electrons. The Labute approximate surface area is 78.4 Å². The summed E-state index contributed by atoms with van der Waals surface area (Å²) in [7, 11) is 0. The second kappa shape index (κ2) is 2.73. The molecule has 0 spiro atoms. The number of H-pyrrole nitrogens is 2. The van der Waals surface area contributed by atoms with Gasteiger partial charge in [-0.25, -0.2) is 9.59 Å². The van der Waals surface area contributed by atoms with Gasteiger partial charge in [0, 0.05) is 0 Å². The Bertz CT molecular complexity index is 565. The minimum Gasteiger partial charge on any atom is -0.478 e. The first-order valence-corrected chi connectivity index (χ1v) is 4.04. The maximum Gasteiger partial charge on any atom is 0.336 e. The Hall–Kier alpha value is -2.04. The van der Waals surface area contributed by atoms with E-state index in [1.165, 1.54) is 6.07 Å². The SMILES string of the molecule is Cc1c(C(=O)O)ccc2[nH]c(=O)[nH]c12. The number of aromatic nitrogens is 2. The van der Waals surface area contributed by atoms with E-state index in [0.717, 1.165) is 0 Å². The predicted octanol–water partition coefficient (Wildman–Crippen LogP) is 0.863.